The summed E-state index contributed by atoms with van der Waals surface area (Å²) in [4.78, 5) is 38.6. The van der Waals surface area contributed by atoms with Crippen LogP contribution in [0.1, 0.15) is 93.2 Å². The molecule has 1 aromatic carbocycles. The fraction of sp³-hybridized carbons (Fsp3) is 0.529. The van der Waals surface area contributed by atoms with E-state index in [0.717, 1.165) is 104 Å². The summed E-state index contributed by atoms with van der Waals surface area (Å²) in [5.74, 6) is 1.51. The molecule has 0 spiro atoms. The maximum absolute atomic E-state index is 13.8. The van der Waals surface area contributed by atoms with E-state index < -0.39 is 0 Å². The molecular weight excluding hydrogens is 554 g/mol. The molecular formula is C34H43N7O3. The van der Waals surface area contributed by atoms with Gasteiger partial charge in [-0.2, -0.15) is 0 Å². The summed E-state index contributed by atoms with van der Waals surface area (Å²) in [5, 5.41) is 4.17. The lowest BCUT2D eigenvalue weighted by molar-refractivity contribution is -0.121. The zero-order chi connectivity index (χ0) is 30.5. The van der Waals surface area contributed by atoms with Gasteiger partial charge in [-0.15, -0.1) is 0 Å². The molecule has 10 nitrogen and oxygen atoms in total. The first-order chi connectivity index (χ1) is 21.3. The summed E-state index contributed by atoms with van der Waals surface area (Å²) in [6, 6.07) is 10.2. The monoisotopic (exact) mass is 597 g/mol. The number of carbonyl (C=O) groups excluding carboxylic acids is 2. The highest BCUT2D eigenvalue weighted by atomic mass is 16.5. The Morgan fingerprint density at radius 3 is 2.59 bits per heavy atom. The Kier molecular flexibility index (Phi) is 7.56. The molecule has 0 saturated carbocycles. The summed E-state index contributed by atoms with van der Waals surface area (Å²) in [6.45, 7) is 2.81. The third-order valence-corrected chi connectivity index (χ3v) is 10.1. The van der Waals surface area contributed by atoms with Gasteiger partial charge in [0.25, 0.3) is 5.91 Å². The van der Waals surface area contributed by atoms with E-state index in [0.29, 0.717) is 17.7 Å². The Balaban J connectivity index is 1.31. The maximum Gasteiger partial charge on any atom is 0.254 e. The summed E-state index contributed by atoms with van der Waals surface area (Å²) < 4.78 is 10.2. The maximum atomic E-state index is 13.8. The average Bonchev–Trinajstić information content (AvgIpc) is 3.76. The van der Waals surface area contributed by atoms with Crippen molar-refractivity contribution in [2.24, 2.45) is 12.8 Å². The second-order valence-corrected chi connectivity index (χ2v) is 12.9. The second-order valence-electron chi connectivity index (χ2n) is 12.9. The number of aryl methyl sites for hydroxylation is 2. The van der Waals surface area contributed by atoms with Gasteiger partial charge in [0.15, 0.2) is 5.82 Å². The highest BCUT2D eigenvalue weighted by Gasteiger charge is 2.47. The number of rotatable bonds is 3. The van der Waals surface area contributed by atoms with Gasteiger partial charge in [0.1, 0.15) is 16.9 Å². The number of aromatic nitrogens is 4. The molecule has 232 valence electrons. The Bertz CT molecular complexity index is 1740. The number of benzene rings is 1. The van der Waals surface area contributed by atoms with E-state index >= 15 is 0 Å². The lowest BCUT2D eigenvalue weighted by atomic mass is 9.97. The highest BCUT2D eigenvalue weighted by molar-refractivity contribution is 6.00. The molecule has 3 aliphatic heterocycles. The van der Waals surface area contributed by atoms with Crippen LogP contribution in [0.15, 0.2) is 30.3 Å². The number of fused-ring (bicyclic) bond motifs is 4. The van der Waals surface area contributed by atoms with E-state index in [1.54, 1.807) is 7.11 Å². The van der Waals surface area contributed by atoms with Crippen molar-refractivity contribution in [1.29, 1.82) is 0 Å². The number of imidazole rings is 1. The van der Waals surface area contributed by atoms with Crippen molar-refractivity contribution in [2.45, 2.75) is 102 Å². The molecule has 3 N–H and O–H groups in total. The van der Waals surface area contributed by atoms with Crippen molar-refractivity contribution in [2.75, 3.05) is 7.11 Å². The summed E-state index contributed by atoms with van der Waals surface area (Å²) in [5.41, 5.74) is 11.2. The standard InChI is InChI=1S/C34H43N7O3/c1-20-25-13-11-21-17-28(40(32(21)37-25)15-9-7-5-4-6-8-10-30(42)36-20)33-38-26-16-22(18-29(44-3)31(26)39(33)2)34(43)41-23-12-14-27(41)24(35)19-23/h11,13,16-18,20,23-24,27H,4-10,12,14-15,19,35H2,1-3H3,(H,36,42)/t20-,23+,24-,27-/m1/s1. The van der Waals surface area contributed by atoms with Crippen LogP contribution in [0.2, 0.25) is 0 Å². The van der Waals surface area contributed by atoms with E-state index in [4.69, 9.17) is 20.4 Å². The molecule has 0 unspecified atom stereocenters. The van der Waals surface area contributed by atoms with Crippen LogP contribution >= 0.6 is 0 Å². The third-order valence-electron chi connectivity index (χ3n) is 10.1. The largest absolute Gasteiger partial charge is 0.494 e. The van der Waals surface area contributed by atoms with Crippen molar-refractivity contribution >= 4 is 33.9 Å². The molecule has 0 radical (unpaired) electrons. The summed E-state index contributed by atoms with van der Waals surface area (Å²) >= 11 is 0. The molecule has 3 aliphatic rings. The van der Waals surface area contributed by atoms with Gasteiger partial charge in [-0.25, -0.2) is 9.97 Å². The normalized spacial score (nSPS) is 24.5. The molecule has 4 atom stereocenters. The van der Waals surface area contributed by atoms with Gasteiger partial charge < -0.3 is 29.8 Å². The fourth-order valence-corrected chi connectivity index (χ4v) is 7.76. The molecule has 7 rings (SSSR count). The van der Waals surface area contributed by atoms with Gasteiger partial charge in [-0.05, 0) is 69.4 Å². The van der Waals surface area contributed by atoms with Crippen LogP contribution in [0, 0.1) is 0 Å². The van der Waals surface area contributed by atoms with Crippen LogP contribution < -0.4 is 15.8 Å². The van der Waals surface area contributed by atoms with Gasteiger partial charge in [0.2, 0.25) is 5.91 Å². The van der Waals surface area contributed by atoms with Crippen LogP contribution in [0.25, 0.3) is 33.6 Å². The second kappa shape index (κ2) is 11.5. The molecule has 2 fully saturated rings. The van der Waals surface area contributed by atoms with E-state index in [-0.39, 0.29) is 36.0 Å². The Hall–Kier alpha value is -3.92. The van der Waals surface area contributed by atoms with Crippen LogP contribution in [-0.4, -0.2) is 61.1 Å². The van der Waals surface area contributed by atoms with Gasteiger partial charge >= 0.3 is 0 Å². The topological polar surface area (TPSA) is 120 Å². The molecule has 4 bridgehead atoms. The minimum atomic E-state index is -0.180. The number of hydrogen-bond donors (Lipinski definition) is 2. The van der Waals surface area contributed by atoms with Gasteiger partial charge in [0, 0.05) is 49.1 Å². The molecule has 44 heavy (non-hydrogen) atoms. The lowest BCUT2D eigenvalue weighted by Crippen LogP contribution is -2.40. The Morgan fingerprint density at radius 2 is 1.84 bits per heavy atom. The number of nitrogens with two attached hydrogens (primary N) is 1. The highest BCUT2D eigenvalue weighted by Crippen LogP contribution is 2.40. The number of nitrogens with one attached hydrogen (secondary N) is 1. The smallest absolute Gasteiger partial charge is 0.254 e. The van der Waals surface area contributed by atoms with Crippen molar-refractivity contribution in [1.82, 2.24) is 29.3 Å². The lowest BCUT2D eigenvalue weighted by Gasteiger charge is -2.23. The predicted molar refractivity (Wildman–Crippen MR) is 170 cm³/mol. The number of carbonyl (C=O) groups is 2. The quantitative estimate of drug-likeness (QED) is 0.334. The average molecular weight is 598 g/mol. The number of ether oxygens (including phenoxy) is 1. The van der Waals surface area contributed by atoms with Crippen LogP contribution in [0.4, 0.5) is 0 Å². The first kappa shape index (κ1) is 28.8. The van der Waals surface area contributed by atoms with Gasteiger partial charge in [0.05, 0.1) is 30.1 Å². The van der Waals surface area contributed by atoms with E-state index in [1.165, 1.54) is 0 Å². The van der Waals surface area contributed by atoms with Crippen molar-refractivity contribution in [3.05, 3.63) is 41.6 Å². The molecule has 10 heteroatoms. The minimum absolute atomic E-state index is 0.00821. The first-order valence-electron chi connectivity index (χ1n) is 16.3. The Labute approximate surface area is 257 Å². The Morgan fingerprint density at radius 1 is 1.05 bits per heavy atom. The SMILES string of the molecule is COc1cc(C(=O)N2[C@H]3CC[C@@H]2[C@H](N)C3)cc2nc(-c3cc4ccc5nc4n3CCCCCCCCC(=O)N[C@@H]5C)n(C)c12. The van der Waals surface area contributed by atoms with Crippen molar-refractivity contribution < 1.29 is 14.3 Å². The number of amides is 2. The first-order valence-corrected chi connectivity index (χ1v) is 16.3. The number of methoxy groups -OCH3 is 1. The van der Waals surface area contributed by atoms with Crippen molar-refractivity contribution in [3.8, 4) is 17.3 Å². The van der Waals surface area contributed by atoms with Crippen LogP contribution in [-0.2, 0) is 18.4 Å². The summed E-state index contributed by atoms with van der Waals surface area (Å²) in [6.07, 6.45) is 9.84. The number of pyridine rings is 1. The number of hydrogen-bond acceptors (Lipinski definition) is 6. The van der Waals surface area contributed by atoms with Crippen LogP contribution in [0.5, 0.6) is 5.75 Å². The predicted octanol–water partition coefficient (Wildman–Crippen LogP) is 5.22. The molecule has 0 aliphatic carbocycles. The van der Waals surface area contributed by atoms with E-state index in [9.17, 15) is 9.59 Å². The molecule has 2 amide bonds. The third kappa shape index (κ3) is 4.93. The minimum Gasteiger partial charge on any atom is -0.494 e. The molecule has 6 heterocycles. The van der Waals surface area contributed by atoms with Gasteiger partial charge in [-0.3, -0.25) is 9.59 Å². The van der Waals surface area contributed by atoms with Gasteiger partial charge in [-0.1, -0.05) is 25.7 Å². The molecule has 4 aromatic rings. The number of nitrogens with zero attached hydrogens (tertiary/aromatic N) is 5. The van der Waals surface area contributed by atoms with E-state index in [1.807, 2.05) is 37.1 Å². The zero-order valence-electron chi connectivity index (χ0n) is 26.0. The summed E-state index contributed by atoms with van der Waals surface area (Å²) in [7, 11) is 3.65. The van der Waals surface area contributed by atoms with Crippen molar-refractivity contribution in [3.63, 3.8) is 0 Å². The zero-order valence-corrected chi connectivity index (χ0v) is 26.0. The van der Waals surface area contributed by atoms with E-state index in [2.05, 4.69) is 26.6 Å². The molecule has 2 saturated heterocycles. The fourth-order valence-electron chi connectivity index (χ4n) is 7.76. The molecule has 3 aromatic heterocycles. The van der Waals surface area contributed by atoms with Crippen LogP contribution in [0.3, 0.4) is 0 Å².